The first-order chi connectivity index (χ1) is 6.04. The van der Waals surface area contributed by atoms with Crippen LogP contribution < -0.4 is 5.73 Å². The van der Waals surface area contributed by atoms with E-state index < -0.39 is 5.97 Å². The van der Waals surface area contributed by atoms with Gasteiger partial charge in [-0.05, 0) is 6.92 Å². The predicted molar refractivity (Wildman–Crippen MR) is 45.6 cm³/mol. The van der Waals surface area contributed by atoms with E-state index in [1.807, 2.05) is 0 Å². The van der Waals surface area contributed by atoms with Crippen molar-refractivity contribution in [2.24, 2.45) is 0 Å². The lowest BCUT2D eigenvalue weighted by Gasteiger charge is -2.03. The van der Waals surface area contributed by atoms with Crippen molar-refractivity contribution < 1.29 is 14.7 Å². The number of hydrogen-bond acceptors (Lipinski definition) is 4. The number of nitrogen functional groups attached to an aromatic ring is 1. The largest absolute Gasteiger partial charge is 0.478 e. The van der Waals surface area contributed by atoms with Gasteiger partial charge in [0.1, 0.15) is 5.56 Å². The second-order valence-electron chi connectivity index (χ2n) is 2.51. The van der Waals surface area contributed by atoms with Crippen LogP contribution in [0.1, 0.15) is 27.6 Å². The van der Waals surface area contributed by atoms with Crippen molar-refractivity contribution in [1.29, 1.82) is 0 Å². The second kappa shape index (κ2) is 3.22. The van der Waals surface area contributed by atoms with E-state index in [0.717, 1.165) is 6.20 Å². The first-order valence-corrected chi connectivity index (χ1v) is 3.51. The van der Waals surface area contributed by atoms with Crippen LogP contribution in [-0.2, 0) is 0 Å². The standard InChI is InChI=1S/C8H8N2O3/c1-4(11)5-2-10-3-6(7(5)9)8(12)13/h2-3H,1H3,(H2,9,10)(H,12,13). The zero-order valence-electron chi connectivity index (χ0n) is 6.94. The van der Waals surface area contributed by atoms with Crippen LogP contribution in [0.4, 0.5) is 5.69 Å². The number of carbonyl (C=O) groups excluding carboxylic acids is 1. The third kappa shape index (κ3) is 1.64. The highest BCUT2D eigenvalue weighted by molar-refractivity contribution is 6.04. The van der Waals surface area contributed by atoms with Crippen molar-refractivity contribution >= 4 is 17.4 Å². The van der Waals surface area contributed by atoms with Crippen LogP contribution >= 0.6 is 0 Å². The van der Waals surface area contributed by atoms with Gasteiger partial charge in [0, 0.05) is 12.4 Å². The van der Waals surface area contributed by atoms with E-state index in [4.69, 9.17) is 10.8 Å². The van der Waals surface area contributed by atoms with Gasteiger partial charge in [-0.3, -0.25) is 9.78 Å². The lowest BCUT2D eigenvalue weighted by atomic mass is 10.1. The molecule has 0 saturated carbocycles. The Morgan fingerprint density at radius 2 is 1.92 bits per heavy atom. The van der Waals surface area contributed by atoms with E-state index in [9.17, 15) is 9.59 Å². The number of rotatable bonds is 2. The molecule has 13 heavy (non-hydrogen) atoms. The molecule has 1 aromatic rings. The third-order valence-electron chi connectivity index (χ3n) is 1.60. The van der Waals surface area contributed by atoms with E-state index >= 15 is 0 Å². The number of aromatic nitrogens is 1. The van der Waals surface area contributed by atoms with E-state index in [1.54, 1.807) is 0 Å². The summed E-state index contributed by atoms with van der Waals surface area (Å²) in [7, 11) is 0. The fraction of sp³-hybridized carbons (Fsp3) is 0.125. The fourth-order valence-electron chi connectivity index (χ4n) is 0.921. The SMILES string of the molecule is CC(=O)c1cncc(C(=O)O)c1N. The van der Waals surface area contributed by atoms with E-state index in [0.29, 0.717) is 0 Å². The Labute approximate surface area is 74.2 Å². The van der Waals surface area contributed by atoms with E-state index in [1.165, 1.54) is 13.1 Å². The highest BCUT2D eigenvalue weighted by atomic mass is 16.4. The maximum absolute atomic E-state index is 10.9. The number of carboxylic acids is 1. The van der Waals surface area contributed by atoms with Crippen molar-refractivity contribution in [3.63, 3.8) is 0 Å². The van der Waals surface area contributed by atoms with Crippen molar-refractivity contribution in [1.82, 2.24) is 4.98 Å². The Morgan fingerprint density at radius 3 is 2.38 bits per heavy atom. The molecule has 0 unspecified atom stereocenters. The summed E-state index contributed by atoms with van der Waals surface area (Å²) in [5, 5.41) is 8.64. The molecule has 0 amide bonds. The average molecular weight is 180 g/mol. The minimum Gasteiger partial charge on any atom is -0.478 e. The number of carbonyl (C=O) groups is 2. The smallest absolute Gasteiger partial charge is 0.339 e. The predicted octanol–water partition coefficient (Wildman–Crippen LogP) is 0.565. The number of aromatic carboxylic acids is 1. The van der Waals surface area contributed by atoms with Crippen LogP contribution in [0.15, 0.2) is 12.4 Å². The van der Waals surface area contributed by atoms with Gasteiger partial charge in [0.15, 0.2) is 5.78 Å². The van der Waals surface area contributed by atoms with Gasteiger partial charge in [-0.2, -0.15) is 0 Å². The molecule has 0 aliphatic rings. The number of pyridine rings is 1. The zero-order chi connectivity index (χ0) is 10.0. The molecule has 0 saturated heterocycles. The molecule has 3 N–H and O–H groups in total. The summed E-state index contributed by atoms with van der Waals surface area (Å²) in [6, 6.07) is 0. The molecule has 0 fully saturated rings. The molecule has 5 nitrogen and oxygen atoms in total. The molecule has 1 heterocycles. The normalized spacial score (nSPS) is 9.62. The Hall–Kier alpha value is -1.91. The lowest BCUT2D eigenvalue weighted by Crippen LogP contribution is -2.08. The van der Waals surface area contributed by atoms with E-state index in [2.05, 4.69) is 4.98 Å². The zero-order valence-corrected chi connectivity index (χ0v) is 6.94. The van der Waals surface area contributed by atoms with Gasteiger partial charge in [0.05, 0.1) is 11.3 Å². The quantitative estimate of drug-likeness (QED) is 0.648. The fourth-order valence-corrected chi connectivity index (χ4v) is 0.921. The molecule has 1 rings (SSSR count). The van der Waals surface area contributed by atoms with Crippen LogP contribution in [-0.4, -0.2) is 21.8 Å². The molecule has 0 radical (unpaired) electrons. The van der Waals surface area contributed by atoms with Gasteiger partial charge in [-0.1, -0.05) is 0 Å². The van der Waals surface area contributed by atoms with Gasteiger partial charge in [0.25, 0.3) is 0 Å². The van der Waals surface area contributed by atoms with Crippen LogP contribution in [0.25, 0.3) is 0 Å². The number of hydrogen-bond donors (Lipinski definition) is 2. The van der Waals surface area contributed by atoms with Gasteiger partial charge in [-0.25, -0.2) is 4.79 Å². The third-order valence-corrected chi connectivity index (χ3v) is 1.60. The number of ketones is 1. The molecular formula is C8H8N2O3. The lowest BCUT2D eigenvalue weighted by molar-refractivity contribution is 0.0697. The van der Waals surface area contributed by atoms with Crippen molar-refractivity contribution in [3.8, 4) is 0 Å². The number of nitrogens with two attached hydrogens (primary N) is 1. The highest BCUT2D eigenvalue weighted by Crippen LogP contribution is 2.15. The maximum Gasteiger partial charge on any atom is 0.339 e. The number of nitrogens with zero attached hydrogens (tertiary/aromatic N) is 1. The second-order valence-corrected chi connectivity index (χ2v) is 2.51. The van der Waals surface area contributed by atoms with Gasteiger partial charge < -0.3 is 10.8 Å². The topological polar surface area (TPSA) is 93.3 Å². The molecule has 0 bridgehead atoms. The molecule has 0 aliphatic carbocycles. The maximum atomic E-state index is 10.9. The van der Waals surface area contributed by atoms with Crippen LogP contribution in [0.2, 0.25) is 0 Å². The van der Waals surface area contributed by atoms with E-state index in [-0.39, 0.29) is 22.6 Å². The monoisotopic (exact) mass is 180 g/mol. The summed E-state index contributed by atoms with van der Waals surface area (Å²) in [6.07, 6.45) is 2.37. The average Bonchev–Trinajstić information content (AvgIpc) is 2.03. The Kier molecular flexibility index (Phi) is 2.27. The minimum atomic E-state index is -1.19. The minimum absolute atomic E-state index is 0.0324. The first kappa shape index (κ1) is 9.18. The molecule has 5 heteroatoms. The van der Waals surface area contributed by atoms with Crippen molar-refractivity contribution in [3.05, 3.63) is 23.5 Å². The highest BCUT2D eigenvalue weighted by Gasteiger charge is 2.13. The molecule has 0 aromatic carbocycles. The molecule has 1 aromatic heterocycles. The van der Waals surface area contributed by atoms with Crippen LogP contribution in [0.5, 0.6) is 0 Å². The summed E-state index contributed by atoms with van der Waals surface area (Å²) in [5.74, 6) is -1.48. The Balaban J connectivity index is 3.35. The molecule has 0 spiro atoms. The number of anilines is 1. The summed E-state index contributed by atoms with van der Waals surface area (Å²) in [6.45, 7) is 1.30. The number of carboxylic acid groups (broad SMARTS) is 1. The van der Waals surface area contributed by atoms with Gasteiger partial charge >= 0.3 is 5.97 Å². The summed E-state index contributed by atoms with van der Waals surface area (Å²) < 4.78 is 0. The van der Waals surface area contributed by atoms with Crippen molar-refractivity contribution in [2.45, 2.75) is 6.92 Å². The Bertz CT molecular complexity index is 341. The Morgan fingerprint density at radius 1 is 1.38 bits per heavy atom. The number of Topliss-reactive ketones (excluding diaryl/α,β-unsaturated/α-hetero) is 1. The molecular weight excluding hydrogens is 172 g/mol. The van der Waals surface area contributed by atoms with Crippen LogP contribution in [0, 0.1) is 0 Å². The first-order valence-electron chi connectivity index (χ1n) is 3.51. The molecule has 0 atom stereocenters. The van der Waals surface area contributed by atoms with Gasteiger partial charge in [-0.15, -0.1) is 0 Å². The summed E-state index contributed by atoms with van der Waals surface area (Å²) in [4.78, 5) is 25.1. The molecule has 0 aliphatic heterocycles. The van der Waals surface area contributed by atoms with Crippen molar-refractivity contribution in [2.75, 3.05) is 5.73 Å². The van der Waals surface area contributed by atoms with Crippen LogP contribution in [0.3, 0.4) is 0 Å². The summed E-state index contributed by atoms with van der Waals surface area (Å²) in [5.41, 5.74) is 5.40. The van der Waals surface area contributed by atoms with Gasteiger partial charge in [0.2, 0.25) is 0 Å². The molecule has 68 valence electrons. The summed E-state index contributed by atoms with van der Waals surface area (Å²) >= 11 is 0.